The van der Waals surface area contributed by atoms with Crippen molar-refractivity contribution in [1.82, 2.24) is 0 Å². The molecule has 0 unspecified atom stereocenters. The molecule has 0 fully saturated rings. The maximum absolute atomic E-state index is 10.0. The Morgan fingerprint density at radius 1 is 1.50 bits per heavy atom. The van der Waals surface area contributed by atoms with E-state index in [1.165, 1.54) is 0 Å². The van der Waals surface area contributed by atoms with E-state index in [1.807, 2.05) is 0 Å². The fraction of sp³-hybridized carbons (Fsp3) is 0.800. The maximum atomic E-state index is 10.0. The molecule has 0 heterocycles. The van der Waals surface area contributed by atoms with Crippen molar-refractivity contribution in [2.75, 3.05) is 11.5 Å². The topological polar surface area (TPSA) is 37.3 Å². The number of carboxylic acids is 1. The molecule has 0 bridgehead atoms. The van der Waals surface area contributed by atoms with Crippen LogP contribution in [0.5, 0.6) is 0 Å². The molecule has 0 radical (unpaired) electrons. The van der Waals surface area contributed by atoms with E-state index in [-0.39, 0.29) is 6.42 Å². The smallest absolute Gasteiger partial charge is 0.304 e. The molecule has 0 aromatic carbocycles. The normalized spacial score (nSPS) is 9.70. The van der Waals surface area contributed by atoms with Crippen molar-refractivity contribution in [2.24, 2.45) is 0 Å². The van der Waals surface area contributed by atoms with Gasteiger partial charge in [0.05, 0.1) is 6.42 Å². The summed E-state index contributed by atoms with van der Waals surface area (Å²) < 4.78 is 0. The van der Waals surface area contributed by atoms with Gasteiger partial charge in [-0.2, -0.15) is 0 Å². The minimum Gasteiger partial charge on any atom is -0.481 e. The lowest BCUT2D eigenvalue weighted by Gasteiger charge is -1.94. The fourth-order valence-corrected chi connectivity index (χ4v) is 3.77. The second-order valence-corrected chi connectivity index (χ2v) is 6.08. The maximum Gasteiger partial charge on any atom is 0.304 e. The molecule has 0 saturated heterocycles. The molecule has 0 aromatic rings. The Kier molecular flexibility index (Phi) is 8.02. The standard InChI is InChI=1S/C5H10O2S3/c1-2-8-10-9-4-3-5(6)7/h2-4H2,1H3,(H,6,7). The van der Waals surface area contributed by atoms with Crippen LogP contribution in [0, 0.1) is 0 Å². The first kappa shape index (κ1) is 10.5. The van der Waals surface area contributed by atoms with Crippen molar-refractivity contribution < 1.29 is 9.90 Å². The van der Waals surface area contributed by atoms with Crippen molar-refractivity contribution in [1.29, 1.82) is 0 Å². The van der Waals surface area contributed by atoms with Crippen LogP contribution in [-0.2, 0) is 4.79 Å². The molecule has 5 heteroatoms. The molecule has 60 valence electrons. The van der Waals surface area contributed by atoms with E-state index in [4.69, 9.17) is 5.11 Å². The Labute approximate surface area is 72.3 Å². The molecule has 0 aliphatic heterocycles. The largest absolute Gasteiger partial charge is 0.481 e. The quantitative estimate of drug-likeness (QED) is 0.524. The lowest BCUT2D eigenvalue weighted by molar-refractivity contribution is -0.136. The molecule has 0 amide bonds. The van der Waals surface area contributed by atoms with Crippen molar-refractivity contribution in [3.05, 3.63) is 0 Å². The molecule has 0 saturated carbocycles. The zero-order chi connectivity index (χ0) is 7.82. The van der Waals surface area contributed by atoms with E-state index in [1.54, 1.807) is 31.4 Å². The van der Waals surface area contributed by atoms with E-state index in [0.29, 0.717) is 5.75 Å². The molecule has 0 aliphatic carbocycles. The van der Waals surface area contributed by atoms with Crippen molar-refractivity contribution in [2.45, 2.75) is 13.3 Å². The van der Waals surface area contributed by atoms with Crippen molar-refractivity contribution in [3.8, 4) is 0 Å². The molecular weight excluding hydrogens is 188 g/mol. The minimum absolute atomic E-state index is 0.266. The highest BCUT2D eigenvalue weighted by molar-refractivity contribution is 9.09. The summed E-state index contributed by atoms with van der Waals surface area (Å²) in [6.45, 7) is 2.08. The van der Waals surface area contributed by atoms with Gasteiger partial charge >= 0.3 is 5.97 Å². The SMILES string of the molecule is CCSSSCCC(=O)O. The predicted molar refractivity (Wildman–Crippen MR) is 50.4 cm³/mol. The first-order valence-electron chi connectivity index (χ1n) is 2.90. The number of aliphatic carboxylic acids is 1. The van der Waals surface area contributed by atoms with Crippen LogP contribution in [0.15, 0.2) is 0 Å². The molecule has 0 rings (SSSR count). The highest BCUT2D eigenvalue weighted by atomic mass is 33.5. The summed E-state index contributed by atoms with van der Waals surface area (Å²) in [5.41, 5.74) is 0. The molecule has 0 aromatic heterocycles. The van der Waals surface area contributed by atoms with Crippen LogP contribution in [0.1, 0.15) is 13.3 Å². The van der Waals surface area contributed by atoms with Crippen LogP contribution in [-0.4, -0.2) is 22.6 Å². The first-order valence-corrected chi connectivity index (χ1v) is 6.72. The van der Waals surface area contributed by atoms with Gasteiger partial charge in [0, 0.05) is 11.5 Å². The minimum atomic E-state index is -0.713. The molecule has 0 spiro atoms. The van der Waals surface area contributed by atoms with E-state index in [2.05, 4.69) is 6.92 Å². The van der Waals surface area contributed by atoms with Gasteiger partial charge in [0.1, 0.15) is 0 Å². The fourth-order valence-electron chi connectivity index (χ4n) is 0.245. The zero-order valence-corrected chi connectivity index (χ0v) is 8.15. The Hall–Kier alpha value is 0.520. The third-order valence-electron chi connectivity index (χ3n) is 0.613. The van der Waals surface area contributed by atoms with Gasteiger partial charge in [-0.1, -0.05) is 28.5 Å². The monoisotopic (exact) mass is 198 g/mol. The predicted octanol–water partition coefficient (Wildman–Crippen LogP) is 2.51. The van der Waals surface area contributed by atoms with Crippen LogP contribution >= 0.6 is 31.4 Å². The van der Waals surface area contributed by atoms with Crippen LogP contribution in [0.2, 0.25) is 0 Å². The van der Waals surface area contributed by atoms with Gasteiger partial charge in [-0.15, -0.1) is 0 Å². The Morgan fingerprint density at radius 2 is 2.20 bits per heavy atom. The summed E-state index contributed by atoms with van der Waals surface area (Å²) in [4.78, 5) is 10.0. The summed E-state index contributed by atoms with van der Waals surface area (Å²) in [5, 5.41) is 8.24. The number of carbonyl (C=O) groups is 1. The van der Waals surface area contributed by atoms with Gasteiger partial charge in [-0.3, -0.25) is 4.79 Å². The lowest BCUT2D eigenvalue weighted by Crippen LogP contribution is -1.94. The molecule has 2 nitrogen and oxygen atoms in total. The second-order valence-electron chi connectivity index (χ2n) is 1.44. The van der Waals surface area contributed by atoms with Crippen molar-refractivity contribution >= 4 is 37.4 Å². The van der Waals surface area contributed by atoms with Gasteiger partial charge in [-0.05, 0) is 9.83 Å². The van der Waals surface area contributed by atoms with Crippen molar-refractivity contribution in [3.63, 3.8) is 0 Å². The van der Waals surface area contributed by atoms with Crippen LogP contribution in [0.4, 0.5) is 0 Å². The summed E-state index contributed by atoms with van der Waals surface area (Å²) in [7, 11) is 5.02. The molecule has 10 heavy (non-hydrogen) atoms. The second kappa shape index (κ2) is 7.63. The van der Waals surface area contributed by atoms with Crippen LogP contribution in [0.25, 0.3) is 0 Å². The Morgan fingerprint density at radius 3 is 2.70 bits per heavy atom. The van der Waals surface area contributed by atoms with Crippen LogP contribution < -0.4 is 0 Å². The van der Waals surface area contributed by atoms with E-state index in [9.17, 15) is 4.79 Å². The highest BCUT2D eigenvalue weighted by Gasteiger charge is 1.95. The average molecular weight is 198 g/mol. The molecular formula is C5H10O2S3. The Bertz CT molecular complexity index is 96.9. The van der Waals surface area contributed by atoms with Gasteiger partial charge < -0.3 is 5.11 Å². The van der Waals surface area contributed by atoms with E-state index >= 15 is 0 Å². The molecule has 1 N–H and O–H groups in total. The van der Waals surface area contributed by atoms with E-state index in [0.717, 1.165) is 5.75 Å². The van der Waals surface area contributed by atoms with Crippen LogP contribution in [0.3, 0.4) is 0 Å². The summed E-state index contributed by atoms with van der Waals surface area (Å²) >= 11 is 0. The zero-order valence-electron chi connectivity index (χ0n) is 5.70. The number of hydrogen-bond donors (Lipinski definition) is 1. The third-order valence-corrected chi connectivity index (χ3v) is 4.93. The van der Waals surface area contributed by atoms with E-state index < -0.39 is 5.97 Å². The molecule has 0 aliphatic rings. The van der Waals surface area contributed by atoms with Gasteiger partial charge in [0.2, 0.25) is 0 Å². The van der Waals surface area contributed by atoms with Gasteiger partial charge in [-0.25, -0.2) is 0 Å². The number of carboxylic acid groups (broad SMARTS) is 1. The third kappa shape index (κ3) is 8.52. The lowest BCUT2D eigenvalue weighted by atomic mass is 10.5. The summed E-state index contributed by atoms with van der Waals surface area (Å²) in [5.74, 6) is 1.06. The van der Waals surface area contributed by atoms with Gasteiger partial charge in [0.15, 0.2) is 0 Å². The summed E-state index contributed by atoms with van der Waals surface area (Å²) in [6, 6.07) is 0. The van der Waals surface area contributed by atoms with Gasteiger partial charge in [0.25, 0.3) is 0 Å². The molecule has 0 atom stereocenters. The number of hydrogen-bond acceptors (Lipinski definition) is 4. The average Bonchev–Trinajstić information content (AvgIpc) is 1.87. The first-order chi connectivity index (χ1) is 4.77. The number of rotatable bonds is 6. The Balaban J connectivity index is 2.84. The highest BCUT2D eigenvalue weighted by Crippen LogP contribution is 2.34. The summed E-state index contributed by atoms with van der Waals surface area (Å²) in [6.07, 6.45) is 0.266.